The first-order chi connectivity index (χ1) is 10.7. The van der Waals surface area contributed by atoms with Gasteiger partial charge in [0.15, 0.2) is 5.82 Å². The SMILES string of the molecule is OCc1ccc(-c2cc(Nc3ccnc(Cl)n3)n[nH]2)c(Cl)c1. The molecular formula is C14H11Cl2N5O. The van der Waals surface area contributed by atoms with E-state index in [0.717, 1.165) is 16.8 Å². The van der Waals surface area contributed by atoms with Gasteiger partial charge in [-0.1, -0.05) is 23.7 Å². The summed E-state index contributed by atoms with van der Waals surface area (Å²) in [5, 5.41) is 19.9. The van der Waals surface area contributed by atoms with E-state index in [4.69, 9.17) is 28.3 Å². The maximum atomic E-state index is 9.10. The molecule has 1 aromatic carbocycles. The maximum absolute atomic E-state index is 9.10. The van der Waals surface area contributed by atoms with Crippen LogP contribution in [0.5, 0.6) is 0 Å². The smallest absolute Gasteiger partial charge is 0.224 e. The molecule has 112 valence electrons. The van der Waals surface area contributed by atoms with Crippen molar-refractivity contribution in [3.05, 3.63) is 52.4 Å². The number of aromatic nitrogens is 4. The zero-order valence-electron chi connectivity index (χ0n) is 11.2. The Morgan fingerprint density at radius 3 is 2.73 bits per heavy atom. The molecule has 3 aromatic rings. The molecule has 2 aromatic heterocycles. The van der Waals surface area contributed by atoms with Gasteiger partial charge in [-0.15, -0.1) is 0 Å². The minimum atomic E-state index is -0.0513. The summed E-state index contributed by atoms with van der Waals surface area (Å²) < 4.78 is 0. The van der Waals surface area contributed by atoms with Crippen molar-refractivity contribution in [3.8, 4) is 11.3 Å². The number of aliphatic hydroxyl groups is 1. The first-order valence-electron chi connectivity index (χ1n) is 6.36. The molecule has 6 nitrogen and oxygen atoms in total. The third-order valence-corrected chi connectivity index (χ3v) is 3.46. The minimum absolute atomic E-state index is 0.0513. The molecule has 0 saturated carbocycles. The molecule has 8 heteroatoms. The molecule has 3 rings (SSSR count). The monoisotopic (exact) mass is 335 g/mol. The quantitative estimate of drug-likeness (QED) is 0.636. The normalized spacial score (nSPS) is 10.7. The Kier molecular flexibility index (Phi) is 4.24. The van der Waals surface area contributed by atoms with Gasteiger partial charge in [0.05, 0.1) is 17.3 Å². The van der Waals surface area contributed by atoms with Crippen molar-refractivity contribution >= 4 is 34.8 Å². The Balaban J connectivity index is 1.84. The number of nitrogens with zero attached hydrogens (tertiary/aromatic N) is 3. The van der Waals surface area contributed by atoms with Gasteiger partial charge < -0.3 is 10.4 Å². The highest BCUT2D eigenvalue weighted by Crippen LogP contribution is 2.29. The Bertz CT molecular complexity index is 805. The molecule has 2 heterocycles. The van der Waals surface area contributed by atoms with E-state index in [1.54, 1.807) is 30.5 Å². The van der Waals surface area contributed by atoms with Crippen molar-refractivity contribution in [3.63, 3.8) is 0 Å². The van der Waals surface area contributed by atoms with Gasteiger partial charge in [0, 0.05) is 17.8 Å². The molecule has 0 aliphatic carbocycles. The molecule has 0 radical (unpaired) electrons. The zero-order chi connectivity index (χ0) is 15.5. The molecule has 0 spiro atoms. The first-order valence-corrected chi connectivity index (χ1v) is 7.12. The number of aliphatic hydroxyl groups excluding tert-OH is 1. The lowest BCUT2D eigenvalue weighted by molar-refractivity contribution is 0.282. The van der Waals surface area contributed by atoms with E-state index in [9.17, 15) is 0 Å². The predicted octanol–water partition coefficient (Wildman–Crippen LogP) is 3.41. The highest BCUT2D eigenvalue weighted by atomic mass is 35.5. The van der Waals surface area contributed by atoms with Crippen LogP contribution < -0.4 is 5.32 Å². The van der Waals surface area contributed by atoms with Gasteiger partial charge >= 0.3 is 0 Å². The number of H-pyrrole nitrogens is 1. The van der Waals surface area contributed by atoms with Crippen molar-refractivity contribution in [2.24, 2.45) is 0 Å². The first kappa shape index (κ1) is 14.8. The Hall–Kier alpha value is -2.15. The van der Waals surface area contributed by atoms with Crippen LogP contribution in [0.15, 0.2) is 36.5 Å². The van der Waals surface area contributed by atoms with Crippen LogP contribution in [0.4, 0.5) is 11.6 Å². The summed E-state index contributed by atoms with van der Waals surface area (Å²) in [7, 11) is 0. The van der Waals surface area contributed by atoms with E-state index in [1.165, 1.54) is 0 Å². The molecular weight excluding hydrogens is 325 g/mol. The third-order valence-electron chi connectivity index (χ3n) is 2.97. The Morgan fingerprint density at radius 1 is 1.14 bits per heavy atom. The highest BCUT2D eigenvalue weighted by Gasteiger charge is 2.09. The number of hydrogen-bond donors (Lipinski definition) is 3. The van der Waals surface area contributed by atoms with Crippen molar-refractivity contribution in [1.29, 1.82) is 0 Å². The van der Waals surface area contributed by atoms with E-state index >= 15 is 0 Å². The molecule has 0 aliphatic heterocycles. The second-order valence-electron chi connectivity index (χ2n) is 4.48. The lowest BCUT2D eigenvalue weighted by Crippen LogP contribution is -1.94. The van der Waals surface area contributed by atoms with Gasteiger partial charge in [-0.2, -0.15) is 5.10 Å². The number of anilines is 2. The van der Waals surface area contributed by atoms with E-state index < -0.39 is 0 Å². The van der Waals surface area contributed by atoms with Crippen LogP contribution in [-0.2, 0) is 6.61 Å². The average Bonchev–Trinajstić information content (AvgIpc) is 2.95. The molecule has 0 amide bonds. The molecule has 3 N–H and O–H groups in total. The number of halogens is 2. The van der Waals surface area contributed by atoms with Gasteiger partial charge in [-0.05, 0) is 29.3 Å². The topological polar surface area (TPSA) is 86.7 Å². The summed E-state index contributed by atoms with van der Waals surface area (Å²) in [5.74, 6) is 1.12. The highest BCUT2D eigenvalue weighted by molar-refractivity contribution is 6.33. The predicted molar refractivity (Wildman–Crippen MR) is 85.3 cm³/mol. The van der Waals surface area contributed by atoms with Crippen LogP contribution in [0.3, 0.4) is 0 Å². The van der Waals surface area contributed by atoms with Gasteiger partial charge in [0.2, 0.25) is 5.28 Å². The summed E-state index contributed by atoms with van der Waals surface area (Å²) in [6.45, 7) is -0.0513. The van der Waals surface area contributed by atoms with Gasteiger partial charge in [-0.3, -0.25) is 5.10 Å². The lowest BCUT2D eigenvalue weighted by Gasteiger charge is -2.03. The van der Waals surface area contributed by atoms with Crippen LogP contribution >= 0.6 is 23.2 Å². The molecule has 0 bridgehead atoms. The fourth-order valence-corrected chi connectivity index (χ4v) is 2.39. The zero-order valence-corrected chi connectivity index (χ0v) is 12.7. The largest absolute Gasteiger partial charge is 0.392 e. The minimum Gasteiger partial charge on any atom is -0.392 e. The summed E-state index contributed by atoms with van der Waals surface area (Å²) in [5.41, 5.74) is 2.29. The average molecular weight is 336 g/mol. The molecule has 22 heavy (non-hydrogen) atoms. The summed E-state index contributed by atoms with van der Waals surface area (Å²) >= 11 is 11.9. The van der Waals surface area contributed by atoms with E-state index in [-0.39, 0.29) is 11.9 Å². The van der Waals surface area contributed by atoms with Crippen LogP contribution in [-0.4, -0.2) is 25.3 Å². The fraction of sp³-hybridized carbons (Fsp3) is 0.0714. The van der Waals surface area contributed by atoms with Crippen LogP contribution in [0.1, 0.15) is 5.56 Å². The van der Waals surface area contributed by atoms with Crippen molar-refractivity contribution in [2.75, 3.05) is 5.32 Å². The maximum Gasteiger partial charge on any atom is 0.224 e. The Morgan fingerprint density at radius 2 is 2.00 bits per heavy atom. The van der Waals surface area contributed by atoms with Crippen LogP contribution in [0, 0.1) is 0 Å². The lowest BCUT2D eigenvalue weighted by atomic mass is 10.1. The second kappa shape index (κ2) is 6.31. The summed E-state index contributed by atoms with van der Waals surface area (Å²) in [4.78, 5) is 7.84. The van der Waals surface area contributed by atoms with E-state index in [2.05, 4.69) is 25.5 Å². The molecule has 0 aliphatic rings. The molecule has 0 saturated heterocycles. The summed E-state index contributed by atoms with van der Waals surface area (Å²) in [6, 6.07) is 8.83. The molecule has 0 atom stereocenters. The fourth-order valence-electron chi connectivity index (χ4n) is 1.93. The number of hydrogen-bond acceptors (Lipinski definition) is 5. The third kappa shape index (κ3) is 3.19. The van der Waals surface area contributed by atoms with Crippen molar-refractivity contribution < 1.29 is 5.11 Å². The van der Waals surface area contributed by atoms with Crippen LogP contribution in [0.25, 0.3) is 11.3 Å². The molecule has 0 unspecified atom stereocenters. The standard InChI is InChI=1S/C14H11Cl2N5O/c15-10-5-8(7-22)1-2-9(10)11-6-13(21-20-11)18-12-3-4-17-14(16)19-12/h1-6,22H,7H2,(H2,17,18,19,20,21). The number of rotatable bonds is 4. The number of nitrogens with one attached hydrogen (secondary N) is 2. The van der Waals surface area contributed by atoms with Gasteiger partial charge in [-0.25, -0.2) is 9.97 Å². The number of benzene rings is 1. The number of aromatic amines is 1. The van der Waals surface area contributed by atoms with E-state index in [1.807, 2.05) is 6.07 Å². The summed E-state index contributed by atoms with van der Waals surface area (Å²) in [6.07, 6.45) is 1.55. The Labute approximate surface area is 136 Å². The van der Waals surface area contributed by atoms with Gasteiger partial charge in [0.1, 0.15) is 5.82 Å². The van der Waals surface area contributed by atoms with Crippen LogP contribution in [0.2, 0.25) is 10.3 Å². The molecule has 0 fully saturated rings. The van der Waals surface area contributed by atoms with Crippen molar-refractivity contribution in [1.82, 2.24) is 20.2 Å². The second-order valence-corrected chi connectivity index (χ2v) is 5.22. The van der Waals surface area contributed by atoms with Crippen molar-refractivity contribution in [2.45, 2.75) is 6.61 Å². The van der Waals surface area contributed by atoms with E-state index in [0.29, 0.717) is 16.7 Å². The van der Waals surface area contributed by atoms with Gasteiger partial charge in [0.25, 0.3) is 0 Å².